The molecular formula is C22H30N8. The second-order valence-corrected chi connectivity index (χ2v) is 7.75. The van der Waals surface area contributed by atoms with Gasteiger partial charge in [0.05, 0.1) is 41.5 Å². The van der Waals surface area contributed by atoms with Crippen LogP contribution in [0.5, 0.6) is 0 Å². The molecule has 0 spiro atoms. The van der Waals surface area contributed by atoms with Gasteiger partial charge in [-0.15, -0.1) is 0 Å². The molecule has 30 heavy (non-hydrogen) atoms. The largest absolute Gasteiger partial charge is 0.387 e. The summed E-state index contributed by atoms with van der Waals surface area (Å²) in [6.07, 6.45) is 15.1. The Morgan fingerprint density at radius 1 is 1.27 bits per heavy atom. The van der Waals surface area contributed by atoms with Gasteiger partial charge in [0.15, 0.2) is 0 Å². The van der Waals surface area contributed by atoms with Gasteiger partial charge in [0.1, 0.15) is 0 Å². The molecule has 4 rings (SSSR count). The second-order valence-electron chi connectivity index (χ2n) is 7.75. The van der Waals surface area contributed by atoms with Gasteiger partial charge in [-0.3, -0.25) is 4.68 Å². The van der Waals surface area contributed by atoms with Gasteiger partial charge in [0.2, 0.25) is 0 Å². The van der Waals surface area contributed by atoms with E-state index < -0.39 is 0 Å². The maximum absolute atomic E-state index is 7.94. The number of nitrogens with one attached hydrogen (secondary N) is 3. The van der Waals surface area contributed by atoms with E-state index in [4.69, 9.17) is 10.4 Å². The Labute approximate surface area is 176 Å². The van der Waals surface area contributed by atoms with E-state index in [0.717, 1.165) is 61.1 Å². The Kier molecular flexibility index (Phi) is 6.23. The highest BCUT2D eigenvalue weighted by Gasteiger charge is 2.16. The Morgan fingerprint density at radius 3 is 2.80 bits per heavy atom. The van der Waals surface area contributed by atoms with Crippen molar-refractivity contribution < 1.29 is 0 Å². The van der Waals surface area contributed by atoms with E-state index in [0.29, 0.717) is 17.8 Å². The summed E-state index contributed by atoms with van der Waals surface area (Å²) in [5.41, 5.74) is 4.17. The number of aromatic nitrogens is 5. The van der Waals surface area contributed by atoms with Gasteiger partial charge >= 0.3 is 0 Å². The Morgan fingerprint density at radius 2 is 2.07 bits per heavy atom. The van der Waals surface area contributed by atoms with E-state index in [2.05, 4.69) is 40.9 Å². The van der Waals surface area contributed by atoms with Crippen LogP contribution in [0, 0.1) is 5.41 Å². The molecule has 0 radical (unpaired) electrons. The van der Waals surface area contributed by atoms with E-state index in [9.17, 15) is 0 Å². The first-order valence-electron chi connectivity index (χ1n) is 10.8. The predicted octanol–water partition coefficient (Wildman–Crippen LogP) is 3.29. The molecule has 0 saturated carbocycles. The van der Waals surface area contributed by atoms with Gasteiger partial charge in [0, 0.05) is 35.8 Å². The zero-order valence-corrected chi connectivity index (χ0v) is 17.7. The zero-order chi connectivity index (χ0) is 20.9. The SMILES string of the molecule is CCC(CC)n1cc(-c2nc(/C(C=N)=C/NC3CCNCC3)cn3nccc23)cn1. The fourth-order valence-corrected chi connectivity index (χ4v) is 3.99. The van der Waals surface area contributed by atoms with Crippen LogP contribution in [0.25, 0.3) is 22.3 Å². The first-order valence-corrected chi connectivity index (χ1v) is 10.8. The highest BCUT2D eigenvalue weighted by atomic mass is 15.3. The fourth-order valence-electron chi connectivity index (χ4n) is 3.99. The molecule has 3 aromatic rings. The molecule has 1 aliphatic rings. The second kappa shape index (κ2) is 9.21. The summed E-state index contributed by atoms with van der Waals surface area (Å²) in [4.78, 5) is 4.92. The van der Waals surface area contributed by atoms with Gasteiger partial charge in [-0.2, -0.15) is 10.2 Å². The number of rotatable bonds is 8. The molecule has 158 valence electrons. The van der Waals surface area contributed by atoms with E-state index in [1.54, 1.807) is 6.20 Å². The van der Waals surface area contributed by atoms with E-state index in [1.165, 1.54) is 6.21 Å². The number of piperidine rings is 1. The summed E-state index contributed by atoms with van der Waals surface area (Å²) in [7, 11) is 0. The average Bonchev–Trinajstić information content (AvgIpc) is 3.45. The third-order valence-electron chi connectivity index (χ3n) is 5.85. The van der Waals surface area contributed by atoms with Crippen molar-refractivity contribution in [2.45, 2.75) is 51.6 Å². The monoisotopic (exact) mass is 406 g/mol. The molecule has 0 bridgehead atoms. The lowest BCUT2D eigenvalue weighted by molar-refractivity contribution is 0.420. The van der Waals surface area contributed by atoms with Crippen LogP contribution in [0.1, 0.15) is 51.3 Å². The Balaban J connectivity index is 1.69. The van der Waals surface area contributed by atoms with Crippen LogP contribution in [0.3, 0.4) is 0 Å². The zero-order valence-electron chi connectivity index (χ0n) is 17.7. The molecule has 8 nitrogen and oxygen atoms in total. The van der Waals surface area contributed by atoms with Crippen molar-refractivity contribution in [3.8, 4) is 11.3 Å². The minimum atomic E-state index is 0.383. The van der Waals surface area contributed by atoms with Gasteiger partial charge < -0.3 is 16.0 Å². The molecule has 0 atom stereocenters. The van der Waals surface area contributed by atoms with Crippen molar-refractivity contribution in [2.75, 3.05) is 13.1 Å². The Bertz CT molecular complexity index is 1020. The molecule has 3 N–H and O–H groups in total. The topological polar surface area (TPSA) is 95.9 Å². The van der Waals surface area contributed by atoms with E-state index >= 15 is 0 Å². The first kappa shape index (κ1) is 20.3. The first-order chi connectivity index (χ1) is 14.7. The van der Waals surface area contributed by atoms with Crippen LogP contribution in [-0.4, -0.2) is 49.7 Å². The van der Waals surface area contributed by atoms with Crippen molar-refractivity contribution in [2.24, 2.45) is 0 Å². The molecule has 8 heteroatoms. The molecule has 1 fully saturated rings. The highest BCUT2D eigenvalue weighted by molar-refractivity contribution is 6.07. The van der Waals surface area contributed by atoms with Gasteiger partial charge in [-0.05, 0) is 44.8 Å². The molecule has 0 aromatic carbocycles. The number of fused-ring (bicyclic) bond motifs is 1. The van der Waals surface area contributed by atoms with Crippen molar-refractivity contribution in [3.05, 3.63) is 42.7 Å². The molecule has 0 aliphatic carbocycles. The lowest BCUT2D eigenvalue weighted by atomic mass is 10.1. The van der Waals surface area contributed by atoms with E-state index in [1.807, 2.05) is 33.9 Å². The van der Waals surface area contributed by atoms with Crippen molar-refractivity contribution >= 4 is 17.3 Å². The minimum Gasteiger partial charge on any atom is -0.387 e. The molecule has 4 heterocycles. The van der Waals surface area contributed by atoms with Crippen molar-refractivity contribution in [1.29, 1.82) is 5.41 Å². The molecule has 1 aliphatic heterocycles. The Hall–Kier alpha value is -3.00. The maximum Gasteiger partial charge on any atom is 0.0999 e. The van der Waals surface area contributed by atoms with Gasteiger partial charge in [-0.1, -0.05) is 13.8 Å². The number of allylic oxidation sites excluding steroid dienone is 1. The van der Waals surface area contributed by atoms with Crippen LogP contribution in [0.4, 0.5) is 0 Å². The van der Waals surface area contributed by atoms with Crippen LogP contribution in [0.15, 0.2) is 37.1 Å². The fraction of sp³-hybridized carbons (Fsp3) is 0.455. The lowest BCUT2D eigenvalue weighted by Crippen LogP contribution is -2.37. The van der Waals surface area contributed by atoms with Crippen LogP contribution in [0.2, 0.25) is 0 Å². The van der Waals surface area contributed by atoms with Crippen LogP contribution in [-0.2, 0) is 0 Å². The quantitative estimate of drug-likeness (QED) is 0.499. The third kappa shape index (κ3) is 4.14. The third-order valence-corrected chi connectivity index (χ3v) is 5.85. The summed E-state index contributed by atoms with van der Waals surface area (Å²) < 4.78 is 3.86. The smallest absolute Gasteiger partial charge is 0.0999 e. The number of nitrogens with zero attached hydrogens (tertiary/aromatic N) is 5. The predicted molar refractivity (Wildman–Crippen MR) is 120 cm³/mol. The van der Waals surface area contributed by atoms with Crippen molar-refractivity contribution in [3.63, 3.8) is 0 Å². The summed E-state index contributed by atoms with van der Waals surface area (Å²) in [6.45, 7) is 6.40. The molecule has 0 unspecified atom stereocenters. The molecular weight excluding hydrogens is 376 g/mol. The van der Waals surface area contributed by atoms with Crippen LogP contribution < -0.4 is 10.6 Å². The summed E-state index contributed by atoms with van der Waals surface area (Å²) in [6, 6.07) is 2.77. The van der Waals surface area contributed by atoms with Gasteiger partial charge in [-0.25, -0.2) is 9.50 Å². The highest BCUT2D eigenvalue weighted by Crippen LogP contribution is 2.26. The summed E-state index contributed by atoms with van der Waals surface area (Å²) >= 11 is 0. The number of hydrogen-bond acceptors (Lipinski definition) is 6. The normalized spacial score (nSPS) is 15.8. The number of hydrogen-bond donors (Lipinski definition) is 3. The molecule has 1 saturated heterocycles. The van der Waals surface area contributed by atoms with Crippen molar-refractivity contribution in [1.82, 2.24) is 35.0 Å². The summed E-state index contributed by atoms with van der Waals surface area (Å²) in [5.74, 6) is 0. The van der Waals surface area contributed by atoms with Crippen LogP contribution >= 0.6 is 0 Å². The molecule has 3 aromatic heterocycles. The minimum absolute atomic E-state index is 0.383. The maximum atomic E-state index is 7.94. The van der Waals surface area contributed by atoms with E-state index in [-0.39, 0.29) is 0 Å². The average molecular weight is 407 g/mol. The standard InChI is InChI=1S/C22H30N8/c1-3-19(4-2)29-14-17(13-27-29)22-21-7-10-26-30(21)15-20(28-22)16(11-23)12-25-18-5-8-24-9-6-18/h7,10-15,18-19,23-25H,3-6,8-9H2,1-2H3/b16-12+,23-11?. The molecule has 0 amide bonds. The summed E-state index contributed by atoms with van der Waals surface area (Å²) in [5, 5.41) is 23.8. The lowest BCUT2D eigenvalue weighted by Gasteiger charge is -2.23. The van der Waals surface area contributed by atoms with Gasteiger partial charge in [0.25, 0.3) is 0 Å².